The number of nitrogens with zero attached hydrogens (tertiary/aromatic N) is 2. The van der Waals surface area contributed by atoms with E-state index in [1.165, 1.54) is 0 Å². The first-order valence-corrected chi connectivity index (χ1v) is 6.71. The lowest BCUT2D eigenvalue weighted by Gasteiger charge is -2.12. The lowest BCUT2D eigenvalue weighted by Crippen LogP contribution is -2.05. The summed E-state index contributed by atoms with van der Waals surface area (Å²) in [7, 11) is 0. The number of H-pyrrole nitrogens is 1. The van der Waals surface area contributed by atoms with Crippen LogP contribution in [0, 0.1) is 23.0 Å². The van der Waals surface area contributed by atoms with Gasteiger partial charge in [-0.2, -0.15) is 5.26 Å². The quantitative estimate of drug-likeness (QED) is 0.721. The zero-order valence-electron chi connectivity index (χ0n) is 11.2. The van der Waals surface area contributed by atoms with Gasteiger partial charge in [0.1, 0.15) is 11.5 Å². The Morgan fingerprint density at radius 2 is 2.15 bits per heavy atom. The van der Waals surface area contributed by atoms with Gasteiger partial charge in [0.15, 0.2) is 4.77 Å². The minimum Gasteiger partial charge on any atom is -0.464 e. The molecule has 0 aliphatic rings. The number of nitrogens with one attached hydrogen (secondary N) is 1. The number of aromatic amines is 1. The third kappa shape index (κ3) is 1.95. The largest absolute Gasteiger partial charge is 0.464 e. The number of furan rings is 1. The number of hydrogen-bond acceptors (Lipinski definition) is 3. The summed E-state index contributed by atoms with van der Waals surface area (Å²) in [5.41, 5.74) is 2.45. The summed E-state index contributed by atoms with van der Waals surface area (Å²) < 4.78 is 8.28. The van der Waals surface area contributed by atoms with Gasteiger partial charge in [0.2, 0.25) is 0 Å². The molecule has 0 spiro atoms. The molecule has 0 aliphatic carbocycles. The number of benzene rings is 1. The fraction of sp³-hybridized carbons (Fsp3) is 0.200. The standard InChI is InChI=1S/C15H13N3OS/c1-9-3-6-14(19-9)10(2)18-13-7-11(8-16)4-5-12(13)17-15(18)20/h3-7,10H,1-2H3,(H,17,20). The van der Waals surface area contributed by atoms with Crippen molar-refractivity contribution >= 4 is 23.3 Å². The van der Waals surface area contributed by atoms with Gasteiger partial charge in [-0.1, -0.05) is 0 Å². The van der Waals surface area contributed by atoms with Crippen LogP contribution in [-0.4, -0.2) is 9.55 Å². The van der Waals surface area contributed by atoms with Crippen LogP contribution in [0.15, 0.2) is 34.7 Å². The Hall–Kier alpha value is -2.32. The van der Waals surface area contributed by atoms with E-state index >= 15 is 0 Å². The molecule has 0 saturated carbocycles. The molecule has 2 heterocycles. The molecular formula is C15H13N3OS. The van der Waals surface area contributed by atoms with Crippen molar-refractivity contribution in [3.8, 4) is 6.07 Å². The van der Waals surface area contributed by atoms with E-state index in [2.05, 4.69) is 11.1 Å². The van der Waals surface area contributed by atoms with Crippen molar-refractivity contribution in [3.63, 3.8) is 0 Å². The average Bonchev–Trinajstić information content (AvgIpc) is 3.00. The zero-order valence-corrected chi connectivity index (χ0v) is 12.0. The van der Waals surface area contributed by atoms with Crippen molar-refractivity contribution in [2.75, 3.05) is 0 Å². The van der Waals surface area contributed by atoms with Crippen molar-refractivity contribution in [2.45, 2.75) is 19.9 Å². The number of nitriles is 1. The maximum atomic E-state index is 9.04. The summed E-state index contributed by atoms with van der Waals surface area (Å²) in [4.78, 5) is 3.16. The van der Waals surface area contributed by atoms with Gasteiger partial charge >= 0.3 is 0 Å². The first-order valence-electron chi connectivity index (χ1n) is 6.31. The topological polar surface area (TPSA) is 57.6 Å². The summed E-state index contributed by atoms with van der Waals surface area (Å²) in [5.74, 6) is 1.72. The number of imidazole rings is 1. The second-order valence-corrected chi connectivity index (χ2v) is 5.15. The minimum absolute atomic E-state index is 0.0288. The van der Waals surface area contributed by atoms with Gasteiger partial charge < -0.3 is 14.0 Å². The van der Waals surface area contributed by atoms with Crippen LogP contribution in [0.5, 0.6) is 0 Å². The van der Waals surface area contributed by atoms with Gasteiger partial charge in [0, 0.05) is 0 Å². The number of aromatic nitrogens is 2. The zero-order chi connectivity index (χ0) is 14.3. The molecule has 1 unspecified atom stereocenters. The van der Waals surface area contributed by atoms with Gasteiger partial charge in [-0.25, -0.2) is 0 Å². The Labute approximate surface area is 121 Å². The fourth-order valence-electron chi connectivity index (χ4n) is 2.38. The third-order valence-electron chi connectivity index (χ3n) is 3.41. The monoisotopic (exact) mass is 283 g/mol. The highest BCUT2D eigenvalue weighted by Crippen LogP contribution is 2.26. The van der Waals surface area contributed by atoms with Crippen LogP contribution in [0.2, 0.25) is 0 Å². The highest BCUT2D eigenvalue weighted by atomic mass is 32.1. The molecule has 0 aliphatic heterocycles. The van der Waals surface area contributed by atoms with E-state index in [-0.39, 0.29) is 6.04 Å². The Bertz CT molecular complexity index is 879. The second-order valence-electron chi connectivity index (χ2n) is 4.77. The summed E-state index contributed by atoms with van der Waals surface area (Å²) in [6, 6.07) is 11.5. The van der Waals surface area contributed by atoms with Crippen molar-refractivity contribution in [1.82, 2.24) is 9.55 Å². The highest BCUT2D eigenvalue weighted by Gasteiger charge is 2.16. The van der Waals surface area contributed by atoms with Crippen molar-refractivity contribution in [1.29, 1.82) is 5.26 Å². The van der Waals surface area contributed by atoms with Crippen molar-refractivity contribution in [3.05, 3.63) is 52.2 Å². The van der Waals surface area contributed by atoms with Crippen molar-refractivity contribution in [2.24, 2.45) is 0 Å². The molecule has 4 nitrogen and oxygen atoms in total. The number of aryl methyl sites for hydroxylation is 1. The van der Waals surface area contributed by atoms with E-state index in [9.17, 15) is 0 Å². The Morgan fingerprint density at radius 3 is 2.80 bits per heavy atom. The number of fused-ring (bicyclic) bond motifs is 1. The molecule has 1 atom stereocenters. The molecule has 0 amide bonds. The smallest absolute Gasteiger partial charge is 0.178 e. The van der Waals surface area contributed by atoms with Crippen LogP contribution in [0.3, 0.4) is 0 Å². The highest BCUT2D eigenvalue weighted by molar-refractivity contribution is 7.71. The van der Waals surface area contributed by atoms with Gasteiger partial charge in [0.25, 0.3) is 0 Å². The molecule has 2 aromatic heterocycles. The molecular weight excluding hydrogens is 270 g/mol. The predicted molar refractivity (Wildman–Crippen MR) is 79.1 cm³/mol. The summed E-state index contributed by atoms with van der Waals surface area (Å²) in [5, 5.41) is 9.04. The van der Waals surface area contributed by atoms with Gasteiger partial charge in [-0.15, -0.1) is 0 Å². The molecule has 0 saturated heterocycles. The molecule has 20 heavy (non-hydrogen) atoms. The van der Waals surface area contributed by atoms with Gasteiger partial charge in [0.05, 0.1) is 28.7 Å². The first kappa shape index (κ1) is 12.7. The summed E-state index contributed by atoms with van der Waals surface area (Å²) in [6.07, 6.45) is 0. The van der Waals surface area contributed by atoms with Crippen LogP contribution >= 0.6 is 12.2 Å². The fourth-order valence-corrected chi connectivity index (χ4v) is 2.75. The average molecular weight is 283 g/mol. The Balaban J connectivity index is 2.22. The molecule has 0 bridgehead atoms. The molecule has 5 heteroatoms. The van der Waals surface area contributed by atoms with E-state index in [4.69, 9.17) is 21.9 Å². The van der Waals surface area contributed by atoms with E-state index in [0.29, 0.717) is 10.3 Å². The lowest BCUT2D eigenvalue weighted by atomic mass is 10.2. The molecule has 1 N–H and O–H groups in total. The molecule has 3 aromatic rings. The number of hydrogen-bond donors (Lipinski definition) is 1. The van der Waals surface area contributed by atoms with E-state index in [0.717, 1.165) is 22.6 Å². The lowest BCUT2D eigenvalue weighted by molar-refractivity contribution is 0.431. The maximum Gasteiger partial charge on any atom is 0.178 e. The van der Waals surface area contributed by atoms with Crippen LogP contribution in [-0.2, 0) is 0 Å². The third-order valence-corrected chi connectivity index (χ3v) is 3.71. The summed E-state index contributed by atoms with van der Waals surface area (Å²) in [6.45, 7) is 3.94. The summed E-state index contributed by atoms with van der Waals surface area (Å²) >= 11 is 5.40. The van der Waals surface area contributed by atoms with E-state index in [1.807, 2.05) is 42.7 Å². The molecule has 100 valence electrons. The Morgan fingerprint density at radius 1 is 1.35 bits per heavy atom. The molecule has 0 fully saturated rings. The van der Waals surface area contributed by atoms with Gasteiger partial charge in [-0.05, 0) is 56.4 Å². The Kier molecular flexibility index (Phi) is 2.96. The van der Waals surface area contributed by atoms with Crippen LogP contribution in [0.1, 0.15) is 30.0 Å². The van der Waals surface area contributed by atoms with Gasteiger partial charge in [-0.3, -0.25) is 0 Å². The van der Waals surface area contributed by atoms with E-state index in [1.54, 1.807) is 6.07 Å². The van der Waals surface area contributed by atoms with Crippen LogP contribution in [0.4, 0.5) is 0 Å². The molecule has 1 aromatic carbocycles. The minimum atomic E-state index is -0.0288. The van der Waals surface area contributed by atoms with Crippen LogP contribution in [0.25, 0.3) is 11.0 Å². The first-order chi connectivity index (χ1) is 9.60. The SMILES string of the molecule is Cc1ccc(C(C)n2c(=S)[nH]c3ccc(C#N)cc32)o1. The number of rotatable bonds is 2. The maximum absolute atomic E-state index is 9.04. The predicted octanol–water partition coefficient (Wildman–Crippen LogP) is 4.08. The molecule has 0 radical (unpaired) electrons. The van der Waals surface area contributed by atoms with Crippen LogP contribution < -0.4 is 0 Å². The van der Waals surface area contributed by atoms with Crippen molar-refractivity contribution < 1.29 is 4.42 Å². The van der Waals surface area contributed by atoms with E-state index < -0.39 is 0 Å². The molecule has 3 rings (SSSR count). The second kappa shape index (κ2) is 4.66. The normalized spacial score (nSPS) is 12.4.